The van der Waals surface area contributed by atoms with E-state index in [1.54, 1.807) is 0 Å². The molecule has 0 radical (unpaired) electrons. The average molecular weight is 388 g/mol. The minimum atomic E-state index is 0.0775. The number of ether oxygens (including phenoxy) is 2. The summed E-state index contributed by atoms with van der Waals surface area (Å²) in [6, 6.07) is 13.7. The average Bonchev–Trinajstić information content (AvgIpc) is 3.10. The van der Waals surface area contributed by atoms with Crippen LogP contribution in [0.2, 0.25) is 0 Å². The van der Waals surface area contributed by atoms with E-state index in [1.165, 1.54) is 0 Å². The van der Waals surface area contributed by atoms with Gasteiger partial charge in [-0.3, -0.25) is 4.79 Å². The molecule has 2 aromatic carbocycles. The molecule has 1 amide bonds. The fraction of sp³-hybridized carbons (Fsp3) is 0.316. The predicted octanol–water partition coefficient (Wildman–Crippen LogP) is 4.20. The molecule has 0 aliphatic carbocycles. The number of likely N-dealkylation sites (tertiary alicyclic amines) is 1. The minimum Gasteiger partial charge on any atom is -0.486 e. The van der Waals surface area contributed by atoms with Gasteiger partial charge in [0.15, 0.2) is 11.5 Å². The Morgan fingerprint density at radius 3 is 2.75 bits per heavy atom. The van der Waals surface area contributed by atoms with Crippen molar-refractivity contribution in [1.82, 2.24) is 4.90 Å². The van der Waals surface area contributed by atoms with Crippen molar-refractivity contribution in [3.05, 3.63) is 58.1 Å². The maximum Gasteiger partial charge on any atom is 0.254 e. The predicted molar refractivity (Wildman–Crippen MR) is 94.6 cm³/mol. The third-order valence-corrected chi connectivity index (χ3v) is 5.03. The number of nitrogens with zero attached hydrogens (tertiary/aromatic N) is 1. The summed E-state index contributed by atoms with van der Waals surface area (Å²) in [6.07, 6.45) is 1.98. The highest BCUT2D eigenvalue weighted by Crippen LogP contribution is 2.38. The molecule has 1 fully saturated rings. The Labute approximate surface area is 149 Å². The van der Waals surface area contributed by atoms with Gasteiger partial charge in [0.1, 0.15) is 13.2 Å². The van der Waals surface area contributed by atoms with Crippen LogP contribution in [0.1, 0.15) is 34.8 Å². The van der Waals surface area contributed by atoms with Crippen molar-refractivity contribution in [2.75, 3.05) is 19.8 Å². The molecule has 2 aromatic rings. The maximum absolute atomic E-state index is 12.9. The number of hydrogen-bond acceptors (Lipinski definition) is 3. The van der Waals surface area contributed by atoms with Crippen LogP contribution in [0.25, 0.3) is 0 Å². The normalized spacial score (nSPS) is 19.4. The van der Waals surface area contributed by atoms with E-state index in [0.717, 1.165) is 40.9 Å². The molecule has 0 bridgehead atoms. The SMILES string of the molecule is O=C(c1cccc(Br)c1)N1CCC[C@H]1c1ccc2c(c1)OCCO2. The molecule has 0 spiro atoms. The fourth-order valence-corrected chi connectivity index (χ4v) is 3.81. The second kappa shape index (κ2) is 6.48. The van der Waals surface area contributed by atoms with Gasteiger partial charge in [-0.2, -0.15) is 0 Å². The van der Waals surface area contributed by atoms with Gasteiger partial charge >= 0.3 is 0 Å². The number of carbonyl (C=O) groups excluding carboxylic acids is 1. The molecule has 124 valence electrons. The smallest absolute Gasteiger partial charge is 0.254 e. The molecule has 2 aliphatic rings. The highest BCUT2D eigenvalue weighted by molar-refractivity contribution is 9.10. The van der Waals surface area contributed by atoms with Crippen molar-refractivity contribution in [2.24, 2.45) is 0 Å². The first kappa shape index (κ1) is 15.5. The first-order valence-corrected chi connectivity index (χ1v) is 8.98. The van der Waals surface area contributed by atoms with Crippen molar-refractivity contribution >= 4 is 21.8 Å². The summed E-state index contributed by atoms with van der Waals surface area (Å²) < 4.78 is 12.2. The lowest BCUT2D eigenvalue weighted by molar-refractivity contribution is 0.0735. The molecule has 24 heavy (non-hydrogen) atoms. The van der Waals surface area contributed by atoms with E-state index in [0.29, 0.717) is 18.8 Å². The zero-order valence-corrected chi connectivity index (χ0v) is 14.8. The van der Waals surface area contributed by atoms with Crippen molar-refractivity contribution in [2.45, 2.75) is 18.9 Å². The van der Waals surface area contributed by atoms with Gasteiger partial charge in [0.05, 0.1) is 6.04 Å². The van der Waals surface area contributed by atoms with Gasteiger partial charge in [-0.25, -0.2) is 0 Å². The van der Waals surface area contributed by atoms with Gasteiger partial charge in [-0.15, -0.1) is 0 Å². The lowest BCUT2D eigenvalue weighted by atomic mass is 10.0. The summed E-state index contributed by atoms with van der Waals surface area (Å²) >= 11 is 3.44. The van der Waals surface area contributed by atoms with Crippen molar-refractivity contribution in [3.8, 4) is 11.5 Å². The summed E-state index contributed by atoms with van der Waals surface area (Å²) in [5.74, 6) is 1.64. The van der Waals surface area contributed by atoms with Gasteiger partial charge in [0.2, 0.25) is 0 Å². The molecular formula is C19H18BrNO3. The van der Waals surface area contributed by atoms with E-state index in [1.807, 2.05) is 47.4 Å². The largest absolute Gasteiger partial charge is 0.486 e. The lowest BCUT2D eigenvalue weighted by Gasteiger charge is -2.27. The van der Waals surface area contributed by atoms with Crippen LogP contribution in [-0.4, -0.2) is 30.6 Å². The molecule has 1 saturated heterocycles. The molecule has 1 atom stereocenters. The van der Waals surface area contributed by atoms with Crippen LogP contribution in [0.3, 0.4) is 0 Å². The van der Waals surface area contributed by atoms with Crippen LogP contribution < -0.4 is 9.47 Å². The quantitative estimate of drug-likeness (QED) is 0.774. The first-order valence-electron chi connectivity index (χ1n) is 8.18. The van der Waals surface area contributed by atoms with E-state index in [9.17, 15) is 4.79 Å². The van der Waals surface area contributed by atoms with Crippen LogP contribution >= 0.6 is 15.9 Å². The highest BCUT2D eigenvalue weighted by Gasteiger charge is 2.31. The van der Waals surface area contributed by atoms with Crippen LogP contribution in [-0.2, 0) is 0 Å². The number of carbonyl (C=O) groups is 1. The summed E-state index contributed by atoms with van der Waals surface area (Å²) in [4.78, 5) is 14.9. The van der Waals surface area contributed by atoms with Crippen LogP contribution in [0.5, 0.6) is 11.5 Å². The zero-order chi connectivity index (χ0) is 16.5. The van der Waals surface area contributed by atoms with Gasteiger partial charge < -0.3 is 14.4 Å². The monoisotopic (exact) mass is 387 g/mol. The number of amides is 1. The molecular weight excluding hydrogens is 370 g/mol. The summed E-state index contributed by atoms with van der Waals surface area (Å²) in [7, 11) is 0. The second-order valence-electron chi connectivity index (χ2n) is 6.07. The van der Waals surface area contributed by atoms with Crippen LogP contribution in [0, 0.1) is 0 Å². The molecule has 4 rings (SSSR count). The molecule has 4 nitrogen and oxygen atoms in total. The zero-order valence-electron chi connectivity index (χ0n) is 13.2. The van der Waals surface area contributed by atoms with E-state index >= 15 is 0 Å². The van der Waals surface area contributed by atoms with Gasteiger partial charge in [0.25, 0.3) is 5.91 Å². The van der Waals surface area contributed by atoms with E-state index in [-0.39, 0.29) is 11.9 Å². The molecule has 0 aromatic heterocycles. The standard InChI is InChI=1S/C19H18BrNO3/c20-15-4-1-3-14(11-15)19(22)21-8-2-5-16(21)13-6-7-17-18(12-13)24-10-9-23-17/h1,3-4,6-7,11-12,16H,2,5,8-10H2/t16-/m0/s1. The molecule has 5 heteroatoms. The Hall–Kier alpha value is -2.01. The highest BCUT2D eigenvalue weighted by atomic mass is 79.9. The molecule has 2 aliphatic heterocycles. The Bertz CT molecular complexity index is 777. The minimum absolute atomic E-state index is 0.0775. The number of benzene rings is 2. The third-order valence-electron chi connectivity index (χ3n) is 4.54. The molecule has 0 N–H and O–H groups in total. The fourth-order valence-electron chi connectivity index (χ4n) is 3.41. The van der Waals surface area contributed by atoms with Gasteiger partial charge in [0, 0.05) is 16.6 Å². The van der Waals surface area contributed by atoms with Crippen LogP contribution in [0.15, 0.2) is 46.9 Å². The maximum atomic E-state index is 12.9. The lowest BCUT2D eigenvalue weighted by Crippen LogP contribution is -2.30. The number of rotatable bonds is 2. The molecule has 0 saturated carbocycles. The Kier molecular flexibility index (Phi) is 4.19. The number of halogens is 1. The van der Waals surface area contributed by atoms with Crippen LogP contribution in [0.4, 0.5) is 0 Å². The Morgan fingerprint density at radius 2 is 1.92 bits per heavy atom. The van der Waals surface area contributed by atoms with Crippen molar-refractivity contribution < 1.29 is 14.3 Å². The van der Waals surface area contributed by atoms with Gasteiger partial charge in [-0.1, -0.05) is 28.1 Å². The topological polar surface area (TPSA) is 38.8 Å². The van der Waals surface area contributed by atoms with Crippen molar-refractivity contribution in [1.29, 1.82) is 0 Å². The Balaban J connectivity index is 1.62. The van der Waals surface area contributed by atoms with E-state index < -0.39 is 0 Å². The summed E-state index contributed by atoms with van der Waals surface area (Å²) in [5, 5.41) is 0. The first-order chi connectivity index (χ1) is 11.7. The summed E-state index contributed by atoms with van der Waals surface area (Å²) in [6.45, 7) is 1.94. The third kappa shape index (κ3) is 2.88. The number of hydrogen-bond donors (Lipinski definition) is 0. The van der Waals surface area contributed by atoms with E-state index in [4.69, 9.17) is 9.47 Å². The number of fused-ring (bicyclic) bond motifs is 1. The Morgan fingerprint density at radius 1 is 1.08 bits per heavy atom. The van der Waals surface area contributed by atoms with Gasteiger partial charge in [-0.05, 0) is 48.7 Å². The summed E-state index contributed by atoms with van der Waals surface area (Å²) in [5.41, 5.74) is 1.83. The molecule has 2 heterocycles. The van der Waals surface area contributed by atoms with Crippen molar-refractivity contribution in [3.63, 3.8) is 0 Å². The van der Waals surface area contributed by atoms with E-state index in [2.05, 4.69) is 15.9 Å². The second-order valence-corrected chi connectivity index (χ2v) is 6.99. The molecule has 0 unspecified atom stereocenters.